The average Bonchev–Trinajstić information content (AvgIpc) is 2.49. The predicted molar refractivity (Wildman–Crippen MR) is 93.6 cm³/mol. The number of carbonyl (C=O) groups excluding carboxylic acids is 1. The largest absolute Gasteiger partial charge is 0.376 e. The molecular weight excluding hydrogens is 331 g/mol. The lowest BCUT2D eigenvalue weighted by Crippen LogP contribution is -2.47. The molecular formula is C18H26ClFN2O2. The van der Waals surface area contributed by atoms with Crippen LogP contribution in [0.1, 0.15) is 38.8 Å². The molecule has 1 aliphatic rings. The van der Waals surface area contributed by atoms with Crippen molar-refractivity contribution in [3.63, 3.8) is 0 Å². The molecule has 4 nitrogen and oxygen atoms in total. The Bertz CT molecular complexity index is 548. The Kier molecular flexibility index (Phi) is 7.02. The van der Waals surface area contributed by atoms with Gasteiger partial charge in [-0.15, -0.1) is 0 Å². The van der Waals surface area contributed by atoms with E-state index in [1.165, 1.54) is 6.07 Å². The van der Waals surface area contributed by atoms with E-state index < -0.39 is 0 Å². The van der Waals surface area contributed by atoms with Crippen LogP contribution in [0.15, 0.2) is 18.2 Å². The zero-order valence-corrected chi connectivity index (χ0v) is 15.3. The number of hydrogen-bond acceptors (Lipinski definition) is 3. The van der Waals surface area contributed by atoms with Gasteiger partial charge in [0.15, 0.2) is 0 Å². The molecule has 2 atom stereocenters. The molecule has 1 heterocycles. The van der Waals surface area contributed by atoms with Gasteiger partial charge < -0.3 is 10.1 Å². The highest BCUT2D eigenvalue weighted by Crippen LogP contribution is 2.31. The van der Waals surface area contributed by atoms with E-state index in [4.69, 9.17) is 16.3 Å². The Hall–Kier alpha value is -1.17. The van der Waals surface area contributed by atoms with Crippen LogP contribution in [0.3, 0.4) is 0 Å². The summed E-state index contributed by atoms with van der Waals surface area (Å²) >= 11 is 6.27. The lowest BCUT2D eigenvalue weighted by atomic mass is 10.0. The lowest BCUT2D eigenvalue weighted by Gasteiger charge is -2.38. The zero-order valence-electron chi connectivity index (χ0n) is 14.5. The van der Waals surface area contributed by atoms with Gasteiger partial charge in [-0.05, 0) is 25.0 Å². The van der Waals surface area contributed by atoms with Crippen molar-refractivity contribution >= 4 is 17.5 Å². The quantitative estimate of drug-likeness (QED) is 0.849. The summed E-state index contributed by atoms with van der Waals surface area (Å²) in [6, 6.07) is 4.39. The fourth-order valence-electron chi connectivity index (χ4n) is 3.02. The summed E-state index contributed by atoms with van der Waals surface area (Å²) in [5, 5.41) is 3.32. The van der Waals surface area contributed by atoms with Crippen molar-refractivity contribution in [2.75, 3.05) is 26.2 Å². The molecule has 1 aromatic carbocycles. The highest BCUT2D eigenvalue weighted by atomic mass is 35.5. The van der Waals surface area contributed by atoms with Gasteiger partial charge in [-0.3, -0.25) is 9.69 Å². The molecule has 0 radical (unpaired) electrons. The van der Waals surface area contributed by atoms with Gasteiger partial charge in [0.25, 0.3) is 0 Å². The maximum Gasteiger partial charge on any atom is 0.220 e. The van der Waals surface area contributed by atoms with Gasteiger partial charge >= 0.3 is 0 Å². The maximum absolute atomic E-state index is 14.4. The second-order valence-electron chi connectivity index (χ2n) is 6.73. The van der Waals surface area contributed by atoms with Crippen molar-refractivity contribution < 1.29 is 13.9 Å². The number of morpholine rings is 1. The third kappa shape index (κ3) is 5.16. The topological polar surface area (TPSA) is 41.6 Å². The van der Waals surface area contributed by atoms with Gasteiger partial charge in [0.05, 0.1) is 18.8 Å². The Morgan fingerprint density at radius 3 is 2.88 bits per heavy atom. The second kappa shape index (κ2) is 8.79. The van der Waals surface area contributed by atoms with Gasteiger partial charge in [0, 0.05) is 36.6 Å². The Morgan fingerprint density at radius 1 is 1.50 bits per heavy atom. The molecule has 0 saturated carbocycles. The van der Waals surface area contributed by atoms with Crippen molar-refractivity contribution in [2.45, 2.75) is 39.3 Å². The van der Waals surface area contributed by atoms with Crippen molar-refractivity contribution in [2.24, 2.45) is 5.92 Å². The highest BCUT2D eigenvalue weighted by Gasteiger charge is 2.29. The zero-order chi connectivity index (χ0) is 17.7. The van der Waals surface area contributed by atoms with Crippen molar-refractivity contribution in [1.82, 2.24) is 10.2 Å². The molecule has 1 aromatic rings. The molecule has 0 unspecified atom stereocenters. The minimum atomic E-state index is -0.343. The fourth-order valence-corrected chi connectivity index (χ4v) is 3.31. The first kappa shape index (κ1) is 19.2. The number of nitrogens with zero attached hydrogens (tertiary/aromatic N) is 1. The first-order valence-electron chi connectivity index (χ1n) is 8.44. The number of carbonyl (C=O) groups is 1. The number of amides is 1. The van der Waals surface area contributed by atoms with E-state index in [0.717, 1.165) is 0 Å². The monoisotopic (exact) mass is 356 g/mol. The summed E-state index contributed by atoms with van der Waals surface area (Å²) in [5.74, 6) is -0.0857. The minimum Gasteiger partial charge on any atom is -0.376 e. The predicted octanol–water partition coefficient (Wildman–Crippen LogP) is 3.40. The van der Waals surface area contributed by atoms with Crippen LogP contribution in [0.5, 0.6) is 0 Å². The SMILES string of the molecule is CC(C)CC(=O)NC[C@H](c1c(F)cccc1Cl)N1CCO[C@@H](C)C1. The molecule has 0 bridgehead atoms. The van der Waals surface area contributed by atoms with Crippen molar-refractivity contribution in [3.8, 4) is 0 Å². The molecule has 0 aliphatic carbocycles. The molecule has 134 valence electrons. The molecule has 1 amide bonds. The maximum atomic E-state index is 14.4. The molecule has 2 rings (SSSR count). The van der Waals surface area contributed by atoms with Crippen LogP contribution < -0.4 is 5.32 Å². The first-order valence-corrected chi connectivity index (χ1v) is 8.82. The molecule has 1 N–H and O–H groups in total. The third-order valence-electron chi connectivity index (χ3n) is 4.13. The summed E-state index contributed by atoms with van der Waals surface area (Å²) < 4.78 is 20.0. The van der Waals surface area contributed by atoms with E-state index in [-0.39, 0.29) is 29.8 Å². The number of nitrogens with one attached hydrogen (secondary N) is 1. The molecule has 24 heavy (non-hydrogen) atoms. The summed E-state index contributed by atoms with van der Waals surface area (Å²) in [6.07, 6.45) is 0.523. The summed E-state index contributed by atoms with van der Waals surface area (Å²) in [7, 11) is 0. The third-order valence-corrected chi connectivity index (χ3v) is 4.46. The van der Waals surface area contributed by atoms with Gasteiger partial charge in [-0.25, -0.2) is 4.39 Å². The van der Waals surface area contributed by atoms with Crippen molar-refractivity contribution in [3.05, 3.63) is 34.6 Å². The molecule has 1 aliphatic heterocycles. The van der Waals surface area contributed by atoms with Gasteiger partial charge in [0.1, 0.15) is 5.82 Å². The van der Waals surface area contributed by atoms with E-state index in [1.807, 2.05) is 20.8 Å². The number of benzene rings is 1. The van der Waals surface area contributed by atoms with Crippen LogP contribution in [0.4, 0.5) is 4.39 Å². The Labute approximate surface area is 148 Å². The van der Waals surface area contributed by atoms with E-state index in [2.05, 4.69) is 10.2 Å². The lowest BCUT2D eigenvalue weighted by molar-refractivity contribution is -0.122. The smallest absolute Gasteiger partial charge is 0.220 e. The van der Waals surface area contributed by atoms with E-state index in [0.29, 0.717) is 43.2 Å². The van der Waals surface area contributed by atoms with Crippen LogP contribution in [-0.2, 0) is 9.53 Å². The number of rotatable bonds is 6. The Balaban J connectivity index is 2.19. The van der Waals surface area contributed by atoms with E-state index in [1.54, 1.807) is 12.1 Å². The molecule has 1 saturated heterocycles. The van der Waals surface area contributed by atoms with Gasteiger partial charge in [0.2, 0.25) is 5.91 Å². The number of hydrogen-bond donors (Lipinski definition) is 1. The molecule has 6 heteroatoms. The van der Waals surface area contributed by atoms with Crippen molar-refractivity contribution in [1.29, 1.82) is 0 Å². The van der Waals surface area contributed by atoms with E-state index in [9.17, 15) is 9.18 Å². The summed E-state index contributed by atoms with van der Waals surface area (Å²) in [5.41, 5.74) is 0.443. The van der Waals surface area contributed by atoms with Crippen LogP contribution in [0.25, 0.3) is 0 Å². The number of ether oxygens (including phenoxy) is 1. The molecule has 1 fully saturated rings. The van der Waals surface area contributed by atoms with Crippen LogP contribution in [0, 0.1) is 11.7 Å². The normalized spacial score (nSPS) is 20.2. The van der Waals surface area contributed by atoms with Crippen LogP contribution in [0.2, 0.25) is 5.02 Å². The number of halogens is 2. The molecule has 0 spiro atoms. The summed E-state index contributed by atoms with van der Waals surface area (Å²) in [4.78, 5) is 14.2. The summed E-state index contributed by atoms with van der Waals surface area (Å²) in [6.45, 7) is 8.25. The average molecular weight is 357 g/mol. The van der Waals surface area contributed by atoms with Gasteiger partial charge in [-0.1, -0.05) is 31.5 Å². The standard InChI is InChI=1S/C18H26ClFN2O2/c1-12(2)9-17(23)21-10-16(22-7-8-24-13(3)11-22)18-14(19)5-4-6-15(18)20/h4-6,12-13,16H,7-11H2,1-3H3,(H,21,23)/t13-,16+/m0/s1. The van der Waals surface area contributed by atoms with Crippen LogP contribution >= 0.6 is 11.6 Å². The highest BCUT2D eigenvalue weighted by molar-refractivity contribution is 6.31. The first-order chi connectivity index (χ1) is 11.4. The van der Waals surface area contributed by atoms with Gasteiger partial charge in [-0.2, -0.15) is 0 Å². The fraction of sp³-hybridized carbons (Fsp3) is 0.611. The second-order valence-corrected chi connectivity index (χ2v) is 7.14. The Morgan fingerprint density at radius 2 is 2.25 bits per heavy atom. The van der Waals surface area contributed by atoms with Crippen LogP contribution in [-0.4, -0.2) is 43.2 Å². The molecule has 0 aromatic heterocycles. The minimum absolute atomic E-state index is 0.0243. The van der Waals surface area contributed by atoms with E-state index >= 15 is 0 Å².